The number of benzene rings is 1. The fourth-order valence-electron chi connectivity index (χ4n) is 2.69. The Hall–Kier alpha value is -1.70. The van der Waals surface area contributed by atoms with E-state index in [2.05, 4.69) is 10.2 Å². The third-order valence-electron chi connectivity index (χ3n) is 4.11. The third-order valence-corrected chi connectivity index (χ3v) is 4.11. The standard InChI is InChI=1S/C17H26FN3O3/c1-23-12-16(19)17(22)20-14-6-8-21(9-7-14)10-11-24-15-4-2-13(18)3-5-15/h2-5,14,16H,6-12,19H2,1H3,(H,20,22). The second-order valence-electron chi connectivity index (χ2n) is 5.99. The van der Waals surface area contributed by atoms with E-state index >= 15 is 0 Å². The van der Waals surface area contributed by atoms with Gasteiger partial charge in [-0.1, -0.05) is 0 Å². The molecule has 0 radical (unpaired) electrons. The van der Waals surface area contributed by atoms with E-state index in [1.165, 1.54) is 19.2 Å². The van der Waals surface area contributed by atoms with Gasteiger partial charge >= 0.3 is 0 Å². The molecule has 1 aliphatic rings. The zero-order valence-electron chi connectivity index (χ0n) is 14.0. The largest absolute Gasteiger partial charge is 0.492 e. The fraction of sp³-hybridized carbons (Fsp3) is 0.588. The number of nitrogens with zero attached hydrogens (tertiary/aromatic N) is 1. The Morgan fingerprint density at radius 2 is 2.04 bits per heavy atom. The van der Waals surface area contributed by atoms with Crippen LogP contribution in [0.5, 0.6) is 5.75 Å². The maximum absolute atomic E-state index is 12.8. The van der Waals surface area contributed by atoms with Crippen molar-refractivity contribution in [1.82, 2.24) is 10.2 Å². The van der Waals surface area contributed by atoms with Crippen LogP contribution in [0.2, 0.25) is 0 Å². The van der Waals surface area contributed by atoms with Crippen LogP contribution >= 0.6 is 0 Å². The molecule has 1 atom stereocenters. The molecule has 7 heteroatoms. The van der Waals surface area contributed by atoms with E-state index in [-0.39, 0.29) is 24.4 Å². The minimum absolute atomic E-state index is 0.157. The summed E-state index contributed by atoms with van der Waals surface area (Å²) in [5.74, 6) is 0.248. The molecule has 2 rings (SSSR count). The third kappa shape index (κ3) is 6.07. The number of hydrogen-bond acceptors (Lipinski definition) is 5. The molecular formula is C17H26FN3O3. The molecule has 0 bridgehead atoms. The highest BCUT2D eigenvalue weighted by molar-refractivity contribution is 5.81. The number of carbonyl (C=O) groups excluding carboxylic acids is 1. The van der Waals surface area contributed by atoms with Crippen LogP contribution in [0.3, 0.4) is 0 Å². The highest BCUT2D eigenvalue weighted by atomic mass is 19.1. The van der Waals surface area contributed by atoms with Crippen LogP contribution in [0.4, 0.5) is 4.39 Å². The Morgan fingerprint density at radius 1 is 1.38 bits per heavy atom. The van der Waals surface area contributed by atoms with Crippen molar-refractivity contribution in [3.05, 3.63) is 30.1 Å². The summed E-state index contributed by atoms with van der Waals surface area (Å²) in [6.45, 7) is 3.39. The van der Waals surface area contributed by atoms with Gasteiger partial charge < -0.3 is 20.5 Å². The first-order valence-corrected chi connectivity index (χ1v) is 8.24. The predicted molar refractivity (Wildman–Crippen MR) is 89.4 cm³/mol. The molecule has 134 valence electrons. The summed E-state index contributed by atoms with van der Waals surface area (Å²) >= 11 is 0. The summed E-state index contributed by atoms with van der Waals surface area (Å²) in [7, 11) is 1.53. The molecule has 0 saturated carbocycles. The number of methoxy groups -OCH3 is 1. The van der Waals surface area contributed by atoms with Crippen LogP contribution in [0.25, 0.3) is 0 Å². The van der Waals surface area contributed by atoms with Crippen molar-refractivity contribution in [2.75, 3.05) is 40.0 Å². The average Bonchev–Trinajstić information content (AvgIpc) is 2.58. The Balaban J connectivity index is 1.62. The highest BCUT2D eigenvalue weighted by Gasteiger charge is 2.22. The lowest BCUT2D eigenvalue weighted by molar-refractivity contribution is -0.124. The van der Waals surface area contributed by atoms with E-state index in [4.69, 9.17) is 15.2 Å². The van der Waals surface area contributed by atoms with Gasteiger partial charge in [-0.05, 0) is 37.1 Å². The molecule has 1 heterocycles. The van der Waals surface area contributed by atoms with Gasteiger partial charge in [-0.2, -0.15) is 0 Å². The average molecular weight is 339 g/mol. The van der Waals surface area contributed by atoms with E-state index in [9.17, 15) is 9.18 Å². The van der Waals surface area contributed by atoms with Crippen molar-refractivity contribution in [1.29, 1.82) is 0 Å². The molecule has 3 N–H and O–H groups in total. The van der Waals surface area contributed by atoms with Crippen molar-refractivity contribution in [2.24, 2.45) is 5.73 Å². The summed E-state index contributed by atoms with van der Waals surface area (Å²) < 4.78 is 23.3. The predicted octanol–water partition coefficient (Wildman–Crippen LogP) is 0.759. The van der Waals surface area contributed by atoms with Gasteiger partial charge in [0, 0.05) is 32.8 Å². The maximum atomic E-state index is 12.8. The van der Waals surface area contributed by atoms with Crippen molar-refractivity contribution in [3.63, 3.8) is 0 Å². The van der Waals surface area contributed by atoms with Gasteiger partial charge in [0.15, 0.2) is 0 Å². The Labute approximate surface area is 142 Å². The Kier molecular flexibility index (Phi) is 7.42. The molecule has 24 heavy (non-hydrogen) atoms. The van der Waals surface area contributed by atoms with Gasteiger partial charge in [-0.15, -0.1) is 0 Å². The molecule has 0 aliphatic carbocycles. The summed E-state index contributed by atoms with van der Waals surface area (Å²) in [5.41, 5.74) is 5.72. The summed E-state index contributed by atoms with van der Waals surface area (Å²) in [5, 5.41) is 2.97. The molecular weight excluding hydrogens is 313 g/mol. The number of amides is 1. The summed E-state index contributed by atoms with van der Waals surface area (Å²) in [6.07, 6.45) is 1.78. The Morgan fingerprint density at radius 3 is 2.67 bits per heavy atom. The van der Waals surface area contributed by atoms with Crippen LogP contribution in [0.15, 0.2) is 24.3 Å². The van der Waals surface area contributed by atoms with Gasteiger partial charge in [0.25, 0.3) is 0 Å². The van der Waals surface area contributed by atoms with Crippen molar-refractivity contribution < 1.29 is 18.7 Å². The number of likely N-dealkylation sites (tertiary alicyclic amines) is 1. The fourth-order valence-corrected chi connectivity index (χ4v) is 2.69. The lowest BCUT2D eigenvalue weighted by Crippen LogP contribution is -2.51. The molecule has 0 spiro atoms. The summed E-state index contributed by atoms with van der Waals surface area (Å²) in [6, 6.07) is 5.57. The number of rotatable bonds is 8. The minimum atomic E-state index is -0.614. The number of nitrogens with two attached hydrogens (primary N) is 1. The van der Waals surface area contributed by atoms with E-state index in [1.54, 1.807) is 12.1 Å². The number of piperidine rings is 1. The minimum Gasteiger partial charge on any atom is -0.492 e. The first-order chi connectivity index (χ1) is 11.6. The SMILES string of the molecule is COCC(N)C(=O)NC1CCN(CCOc2ccc(F)cc2)CC1. The first kappa shape index (κ1) is 18.6. The van der Waals surface area contributed by atoms with Gasteiger partial charge in [0.05, 0.1) is 6.61 Å². The molecule has 1 saturated heterocycles. The molecule has 1 amide bonds. The second-order valence-corrected chi connectivity index (χ2v) is 5.99. The molecule has 1 fully saturated rings. The molecule has 1 aromatic carbocycles. The van der Waals surface area contributed by atoms with Gasteiger partial charge in [0.2, 0.25) is 5.91 Å². The van der Waals surface area contributed by atoms with Crippen LogP contribution in [-0.4, -0.2) is 62.8 Å². The van der Waals surface area contributed by atoms with Crippen LogP contribution in [-0.2, 0) is 9.53 Å². The number of nitrogens with one attached hydrogen (secondary N) is 1. The first-order valence-electron chi connectivity index (χ1n) is 8.24. The van der Waals surface area contributed by atoms with Crippen molar-refractivity contribution in [3.8, 4) is 5.75 Å². The van der Waals surface area contributed by atoms with E-state index < -0.39 is 6.04 Å². The number of halogens is 1. The van der Waals surface area contributed by atoms with Gasteiger partial charge in [-0.3, -0.25) is 9.69 Å². The topological polar surface area (TPSA) is 76.8 Å². The highest BCUT2D eigenvalue weighted by Crippen LogP contribution is 2.13. The van der Waals surface area contributed by atoms with E-state index in [0.717, 1.165) is 32.5 Å². The summed E-state index contributed by atoms with van der Waals surface area (Å²) in [4.78, 5) is 14.2. The monoisotopic (exact) mass is 339 g/mol. The van der Waals surface area contributed by atoms with Crippen LogP contribution < -0.4 is 15.8 Å². The molecule has 6 nitrogen and oxygen atoms in total. The molecule has 1 aromatic rings. The zero-order valence-corrected chi connectivity index (χ0v) is 14.0. The van der Waals surface area contributed by atoms with Crippen LogP contribution in [0.1, 0.15) is 12.8 Å². The van der Waals surface area contributed by atoms with Crippen molar-refractivity contribution in [2.45, 2.75) is 24.9 Å². The molecule has 1 aliphatic heterocycles. The smallest absolute Gasteiger partial charge is 0.239 e. The molecule has 1 unspecified atom stereocenters. The maximum Gasteiger partial charge on any atom is 0.239 e. The van der Waals surface area contributed by atoms with E-state index in [0.29, 0.717) is 12.4 Å². The van der Waals surface area contributed by atoms with Crippen LogP contribution in [0, 0.1) is 5.82 Å². The quantitative estimate of drug-likeness (QED) is 0.731. The van der Waals surface area contributed by atoms with Crippen molar-refractivity contribution >= 4 is 5.91 Å². The lowest BCUT2D eigenvalue weighted by Gasteiger charge is -2.32. The second kappa shape index (κ2) is 9.56. The normalized spacial score (nSPS) is 17.5. The van der Waals surface area contributed by atoms with E-state index in [1.807, 2.05) is 0 Å². The van der Waals surface area contributed by atoms with Gasteiger partial charge in [-0.25, -0.2) is 4.39 Å². The Bertz CT molecular complexity index is 504. The van der Waals surface area contributed by atoms with Gasteiger partial charge in [0.1, 0.15) is 24.2 Å². The lowest BCUT2D eigenvalue weighted by atomic mass is 10.0. The number of hydrogen-bond donors (Lipinski definition) is 2. The number of ether oxygens (including phenoxy) is 2. The zero-order chi connectivity index (χ0) is 17.4. The number of carbonyl (C=O) groups is 1. The molecule has 0 aromatic heterocycles.